The van der Waals surface area contributed by atoms with Crippen molar-refractivity contribution in [2.24, 2.45) is 5.92 Å². The van der Waals surface area contributed by atoms with Gasteiger partial charge in [0.25, 0.3) is 0 Å². The highest BCUT2D eigenvalue weighted by Crippen LogP contribution is 2.39. The van der Waals surface area contributed by atoms with Crippen LogP contribution in [-0.4, -0.2) is 42.4 Å². The molecule has 4 heteroatoms. The zero-order valence-electron chi connectivity index (χ0n) is 11.2. The predicted molar refractivity (Wildman–Crippen MR) is 75.8 cm³/mol. The Morgan fingerprint density at radius 1 is 1.47 bits per heavy atom. The highest BCUT2D eigenvalue weighted by Gasteiger charge is 2.45. The van der Waals surface area contributed by atoms with Gasteiger partial charge in [-0.3, -0.25) is 0 Å². The van der Waals surface area contributed by atoms with E-state index in [0.717, 1.165) is 43.8 Å². The van der Waals surface area contributed by atoms with Gasteiger partial charge in [-0.15, -0.1) is 0 Å². The van der Waals surface area contributed by atoms with Gasteiger partial charge in [-0.1, -0.05) is 11.6 Å². The fourth-order valence-corrected chi connectivity index (χ4v) is 3.67. The number of hydrogen-bond acceptors (Lipinski definition) is 3. The Bertz CT molecular complexity index is 479. The van der Waals surface area contributed by atoms with E-state index in [1.165, 1.54) is 0 Å². The summed E-state index contributed by atoms with van der Waals surface area (Å²) >= 11 is 6.07. The maximum absolute atomic E-state index is 11.0. The van der Waals surface area contributed by atoms with Crippen LogP contribution >= 0.6 is 11.6 Å². The lowest BCUT2D eigenvalue weighted by molar-refractivity contribution is -0.0442. The molecule has 2 bridgehead atoms. The molecule has 3 unspecified atom stereocenters. The highest BCUT2D eigenvalue weighted by atomic mass is 35.5. The molecule has 2 saturated heterocycles. The van der Waals surface area contributed by atoms with Gasteiger partial charge in [0, 0.05) is 30.5 Å². The van der Waals surface area contributed by atoms with E-state index in [-0.39, 0.29) is 0 Å². The minimum absolute atomic E-state index is 0.380. The van der Waals surface area contributed by atoms with Gasteiger partial charge in [0.2, 0.25) is 0 Å². The predicted octanol–water partition coefficient (Wildman–Crippen LogP) is 2.35. The van der Waals surface area contributed by atoms with Crippen LogP contribution in [0.15, 0.2) is 18.2 Å². The number of halogens is 1. The summed E-state index contributed by atoms with van der Waals surface area (Å²) in [6, 6.07) is 5.62. The molecule has 2 heterocycles. The number of methoxy groups -OCH3 is 1. The molecule has 2 aliphatic heterocycles. The molecule has 0 aromatic heterocycles. The molecule has 3 nitrogen and oxygen atoms in total. The Hall–Kier alpha value is -0.770. The summed E-state index contributed by atoms with van der Waals surface area (Å²) in [6.45, 7) is 3.15. The number of ether oxygens (including phenoxy) is 1. The lowest BCUT2D eigenvalue weighted by Gasteiger charge is -2.39. The second-order valence-corrected chi connectivity index (χ2v) is 6.21. The molecule has 1 N–H and O–H groups in total. The molecule has 104 valence electrons. The van der Waals surface area contributed by atoms with Gasteiger partial charge in [0.15, 0.2) is 0 Å². The second-order valence-electron chi connectivity index (χ2n) is 5.77. The summed E-state index contributed by atoms with van der Waals surface area (Å²) < 4.78 is 5.39. The lowest BCUT2D eigenvalue weighted by Crippen LogP contribution is -2.47. The summed E-state index contributed by atoms with van der Waals surface area (Å²) in [5.74, 6) is 1.20. The molecule has 1 aromatic carbocycles. The van der Waals surface area contributed by atoms with Gasteiger partial charge in [-0.05, 0) is 43.1 Å². The van der Waals surface area contributed by atoms with Crippen molar-refractivity contribution in [1.82, 2.24) is 4.90 Å². The fraction of sp³-hybridized carbons (Fsp3) is 0.600. The third kappa shape index (κ3) is 2.47. The van der Waals surface area contributed by atoms with Crippen molar-refractivity contribution < 1.29 is 9.84 Å². The standard InChI is InChI=1S/C15H20ClNO2/c1-19-14-3-2-13(16)8-11(14)9-15(18)5-7-17-6-4-12(15)10-17/h2-3,8,12,18H,4-7,9-10H2,1H3. The van der Waals surface area contributed by atoms with Crippen molar-refractivity contribution in [2.75, 3.05) is 26.7 Å². The van der Waals surface area contributed by atoms with Gasteiger partial charge in [0.05, 0.1) is 12.7 Å². The fourth-order valence-electron chi connectivity index (χ4n) is 3.48. The van der Waals surface area contributed by atoms with Crippen molar-refractivity contribution in [1.29, 1.82) is 0 Å². The topological polar surface area (TPSA) is 32.7 Å². The minimum Gasteiger partial charge on any atom is -0.496 e. The zero-order chi connectivity index (χ0) is 13.5. The van der Waals surface area contributed by atoms with Crippen LogP contribution in [0.2, 0.25) is 5.02 Å². The molecular weight excluding hydrogens is 262 g/mol. The van der Waals surface area contributed by atoms with Gasteiger partial charge in [0.1, 0.15) is 5.75 Å². The van der Waals surface area contributed by atoms with Gasteiger partial charge in [-0.25, -0.2) is 0 Å². The number of hydrogen-bond donors (Lipinski definition) is 1. The average Bonchev–Trinajstić information content (AvgIpc) is 2.81. The zero-order valence-corrected chi connectivity index (χ0v) is 12.0. The number of aliphatic hydroxyl groups is 1. The first-order chi connectivity index (χ1) is 9.10. The first-order valence-corrected chi connectivity index (χ1v) is 7.26. The smallest absolute Gasteiger partial charge is 0.122 e. The summed E-state index contributed by atoms with van der Waals surface area (Å²) in [4.78, 5) is 2.44. The molecule has 19 heavy (non-hydrogen) atoms. The molecule has 0 aliphatic carbocycles. The number of benzene rings is 1. The van der Waals surface area contributed by atoms with Gasteiger partial charge < -0.3 is 14.7 Å². The van der Waals surface area contributed by atoms with Crippen LogP contribution in [-0.2, 0) is 6.42 Å². The van der Waals surface area contributed by atoms with Crippen LogP contribution in [0, 0.1) is 5.92 Å². The molecule has 2 aliphatic rings. The largest absolute Gasteiger partial charge is 0.496 e. The maximum Gasteiger partial charge on any atom is 0.122 e. The Labute approximate surface area is 119 Å². The van der Waals surface area contributed by atoms with E-state index in [2.05, 4.69) is 4.90 Å². The Morgan fingerprint density at radius 2 is 2.32 bits per heavy atom. The maximum atomic E-state index is 11.0. The monoisotopic (exact) mass is 281 g/mol. The third-order valence-electron chi connectivity index (χ3n) is 4.63. The van der Waals surface area contributed by atoms with Gasteiger partial charge >= 0.3 is 0 Å². The van der Waals surface area contributed by atoms with Crippen molar-refractivity contribution >= 4 is 11.6 Å². The lowest BCUT2D eigenvalue weighted by atomic mass is 9.78. The Kier molecular flexibility index (Phi) is 3.46. The molecule has 0 radical (unpaired) electrons. The molecule has 1 aromatic rings. The molecular formula is C15H20ClNO2. The van der Waals surface area contributed by atoms with Crippen molar-refractivity contribution in [3.63, 3.8) is 0 Å². The highest BCUT2D eigenvalue weighted by molar-refractivity contribution is 6.30. The molecule has 3 rings (SSSR count). The summed E-state index contributed by atoms with van der Waals surface area (Å²) in [6.07, 6.45) is 2.57. The van der Waals surface area contributed by atoms with Crippen molar-refractivity contribution in [3.05, 3.63) is 28.8 Å². The average molecular weight is 282 g/mol. The number of fused-ring (bicyclic) bond motifs is 2. The number of rotatable bonds is 3. The quantitative estimate of drug-likeness (QED) is 0.923. The Balaban J connectivity index is 1.85. The molecule has 0 amide bonds. The first kappa shape index (κ1) is 13.2. The van der Waals surface area contributed by atoms with E-state index < -0.39 is 5.60 Å². The van der Waals surface area contributed by atoms with E-state index in [9.17, 15) is 5.11 Å². The van der Waals surface area contributed by atoms with E-state index in [4.69, 9.17) is 16.3 Å². The number of piperidine rings is 1. The van der Waals surface area contributed by atoms with E-state index in [0.29, 0.717) is 17.4 Å². The van der Waals surface area contributed by atoms with Crippen LogP contribution in [0.1, 0.15) is 18.4 Å². The summed E-state index contributed by atoms with van der Waals surface area (Å²) in [5, 5.41) is 11.7. The van der Waals surface area contributed by atoms with E-state index in [1.807, 2.05) is 18.2 Å². The minimum atomic E-state index is -0.606. The van der Waals surface area contributed by atoms with Crippen LogP contribution in [0.4, 0.5) is 0 Å². The SMILES string of the molecule is COc1ccc(Cl)cc1CC1(O)CCN2CCC1C2. The van der Waals surface area contributed by atoms with E-state index >= 15 is 0 Å². The molecule has 0 spiro atoms. The van der Waals surface area contributed by atoms with Gasteiger partial charge in [-0.2, -0.15) is 0 Å². The van der Waals surface area contributed by atoms with Crippen LogP contribution in [0.25, 0.3) is 0 Å². The Morgan fingerprint density at radius 3 is 3.11 bits per heavy atom. The molecule has 3 atom stereocenters. The van der Waals surface area contributed by atoms with E-state index in [1.54, 1.807) is 7.11 Å². The van der Waals surface area contributed by atoms with Crippen LogP contribution in [0.5, 0.6) is 5.75 Å². The van der Waals surface area contributed by atoms with Crippen LogP contribution in [0.3, 0.4) is 0 Å². The normalized spacial score (nSPS) is 33.4. The van der Waals surface area contributed by atoms with Crippen molar-refractivity contribution in [3.8, 4) is 5.75 Å². The van der Waals surface area contributed by atoms with Crippen molar-refractivity contribution in [2.45, 2.75) is 24.9 Å². The molecule has 0 saturated carbocycles. The first-order valence-electron chi connectivity index (χ1n) is 6.88. The van der Waals surface area contributed by atoms with Crippen LogP contribution < -0.4 is 4.74 Å². The third-order valence-corrected chi connectivity index (χ3v) is 4.87. The summed E-state index contributed by atoms with van der Waals surface area (Å²) in [5.41, 5.74) is 0.406. The summed E-state index contributed by atoms with van der Waals surface area (Å²) in [7, 11) is 1.66. The second kappa shape index (κ2) is 4.97. The number of nitrogens with zero attached hydrogens (tertiary/aromatic N) is 1. The molecule has 2 fully saturated rings.